The third kappa shape index (κ3) is 4.13. The number of aromatic nitrogens is 1. The fourth-order valence-corrected chi connectivity index (χ4v) is 5.02. The van der Waals surface area contributed by atoms with E-state index in [0.29, 0.717) is 16.9 Å². The molecular formula is C20H22N4O4S2. The number of nitrogens with zero attached hydrogens (tertiary/aromatic N) is 4. The Morgan fingerprint density at radius 3 is 2.47 bits per heavy atom. The van der Waals surface area contributed by atoms with Crippen LogP contribution in [0.25, 0.3) is 6.08 Å². The fraction of sp³-hybridized carbons (Fsp3) is 0.450. The highest BCUT2D eigenvalue weighted by Gasteiger charge is 2.34. The van der Waals surface area contributed by atoms with Gasteiger partial charge in [-0.25, -0.2) is 0 Å². The van der Waals surface area contributed by atoms with Crippen molar-refractivity contribution in [3.63, 3.8) is 0 Å². The molecule has 2 aliphatic heterocycles. The molecule has 2 aliphatic rings. The lowest BCUT2D eigenvalue weighted by Gasteiger charge is -2.28. The van der Waals surface area contributed by atoms with Crippen LogP contribution in [0.4, 0.5) is 5.82 Å². The molecule has 0 aliphatic carbocycles. The Morgan fingerprint density at radius 1 is 1.27 bits per heavy atom. The normalized spacial score (nSPS) is 18.6. The summed E-state index contributed by atoms with van der Waals surface area (Å²) in [6.07, 6.45) is 5.85. The zero-order valence-corrected chi connectivity index (χ0v) is 18.4. The Kier molecular flexibility index (Phi) is 6.63. The number of nitriles is 1. The number of aliphatic carboxylic acids is 1. The molecule has 2 fully saturated rings. The molecule has 0 unspecified atom stereocenters. The highest BCUT2D eigenvalue weighted by atomic mass is 32.2. The van der Waals surface area contributed by atoms with Gasteiger partial charge in [-0.15, -0.1) is 0 Å². The van der Waals surface area contributed by atoms with Gasteiger partial charge in [0.05, 0.1) is 4.91 Å². The van der Waals surface area contributed by atoms with Gasteiger partial charge in [-0.2, -0.15) is 5.26 Å². The molecule has 0 saturated carbocycles. The SMILES string of the molecule is Cc1c(/C=C2/SC(=S)N(CC(=O)O)C2=O)c(N2CCCCCC2)n(C)c(=O)c1C#N. The number of carboxylic acid groups (broad SMARTS) is 1. The number of thioether (sulfide) groups is 1. The molecule has 0 aromatic carbocycles. The number of thiocarbonyl (C=S) groups is 1. The molecule has 1 aromatic heterocycles. The molecule has 30 heavy (non-hydrogen) atoms. The van der Waals surface area contributed by atoms with Crippen LogP contribution < -0.4 is 10.5 Å². The van der Waals surface area contributed by atoms with Crippen molar-refractivity contribution in [1.29, 1.82) is 5.26 Å². The number of amides is 1. The topological polar surface area (TPSA) is 107 Å². The average molecular weight is 447 g/mol. The largest absolute Gasteiger partial charge is 0.480 e. The Labute approximate surface area is 183 Å². The monoisotopic (exact) mass is 446 g/mol. The quantitative estimate of drug-likeness (QED) is 0.554. The standard InChI is InChI=1S/C20H22N4O4S2/c1-12-13(9-15-19(28)24(11-16(25)26)20(29)30-15)17(22(2)18(27)14(12)10-21)23-7-5-3-4-6-8-23/h9H,3-8,11H2,1-2H3,(H,25,26)/b15-9+. The number of carbonyl (C=O) groups excluding carboxylic acids is 1. The minimum Gasteiger partial charge on any atom is -0.480 e. The Hall–Kier alpha value is -2.64. The highest BCUT2D eigenvalue weighted by Crippen LogP contribution is 2.36. The van der Waals surface area contributed by atoms with Crippen LogP contribution >= 0.6 is 24.0 Å². The van der Waals surface area contributed by atoms with Crippen LogP contribution in [0.5, 0.6) is 0 Å². The number of carbonyl (C=O) groups is 2. The van der Waals surface area contributed by atoms with Gasteiger partial charge < -0.3 is 10.0 Å². The van der Waals surface area contributed by atoms with Gasteiger partial charge in [-0.3, -0.25) is 23.9 Å². The Bertz CT molecular complexity index is 1050. The maximum absolute atomic E-state index is 12.8. The molecule has 10 heteroatoms. The second-order valence-electron chi connectivity index (χ2n) is 7.28. The Morgan fingerprint density at radius 2 is 1.90 bits per heavy atom. The second kappa shape index (κ2) is 9.02. The summed E-state index contributed by atoms with van der Waals surface area (Å²) < 4.78 is 1.65. The molecule has 3 heterocycles. The smallest absolute Gasteiger partial charge is 0.323 e. The van der Waals surface area contributed by atoms with Gasteiger partial charge in [0.25, 0.3) is 11.5 Å². The fourth-order valence-electron chi connectivity index (χ4n) is 3.78. The number of hydrogen-bond acceptors (Lipinski definition) is 7. The summed E-state index contributed by atoms with van der Waals surface area (Å²) in [5, 5.41) is 18.6. The van der Waals surface area contributed by atoms with Gasteiger partial charge in [0, 0.05) is 25.7 Å². The molecule has 0 radical (unpaired) electrons. The van der Waals surface area contributed by atoms with E-state index in [1.54, 1.807) is 20.0 Å². The molecule has 1 aromatic rings. The Balaban J connectivity index is 2.17. The van der Waals surface area contributed by atoms with Crippen molar-refractivity contribution >= 4 is 52.1 Å². The molecule has 1 N–H and O–H groups in total. The van der Waals surface area contributed by atoms with Crippen LogP contribution in [0.2, 0.25) is 0 Å². The van der Waals surface area contributed by atoms with E-state index in [9.17, 15) is 19.6 Å². The number of pyridine rings is 1. The first-order valence-corrected chi connectivity index (χ1v) is 10.8. The summed E-state index contributed by atoms with van der Waals surface area (Å²) in [7, 11) is 1.63. The lowest BCUT2D eigenvalue weighted by atomic mass is 10.0. The predicted molar refractivity (Wildman–Crippen MR) is 119 cm³/mol. The maximum Gasteiger partial charge on any atom is 0.323 e. The van der Waals surface area contributed by atoms with Gasteiger partial charge in [0.15, 0.2) is 0 Å². The number of anilines is 1. The minimum atomic E-state index is -1.15. The number of rotatable bonds is 4. The maximum atomic E-state index is 12.8. The third-order valence-electron chi connectivity index (χ3n) is 5.32. The van der Waals surface area contributed by atoms with Crippen molar-refractivity contribution < 1.29 is 14.7 Å². The van der Waals surface area contributed by atoms with Gasteiger partial charge in [0.1, 0.15) is 28.3 Å². The van der Waals surface area contributed by atoms with E-state index in [-0.39, 0.29) is 20.3 Å². The first-order chi connectivity index (χ1) is 14.3. The van der Waals surface area contributed by atoms with Gasteiger partial charge in [0.2, 0.25) is 0 Å². The lowest BCUT2D eigenvalue weighted by molar-refractivity contribution is -0.140. The first-order valence-electron chi connectivity index (χ1n) is 9.62. The molecule has 0 spiro atoms. The first kappa shape index (κ1) is 22.1. The molecule has 2 saturated heterocycles. The van der Waals surface area contributed by atoms with Crippen LogP contribution in [-0.4, -0.2) is 50.4 Å². The summed E-state index contributed by atoms with van der Waals surface area (Å²) in [5.74, 6) is -0.967. The van der Waals surface area contributed by atoms with Crippen LogP contribution in [0.3, 0.4) is 0 Å². The molecule has 8 nitrogen and oxygen atoms in total. The lowest BCUT2D eigenvalue weighted by Crippen LogP contribution is -2.34. The predicted octanol–water partition coefficient (Wildman–Crippen LogP) is 2.23. The van der Waals surface area contributed by atoms with Crippen molar-refractivity contribution in [1.82, 2.24) is 9.47 Å². The summed E-state index contributed by atoms with van der Waals surface area (Å²) >= 11 is 6.21. The number of carboxylic acids is 1. The molecule has 0 bridgehead atoms. The second-order valence-corrected chi connectivity index (χ2v) is 8.95. The van der Waals surface area contributed by atoms with E-state index in [0.717, 1.165) is 55.4 Å². The van der Waals surface area contributed by atoms with Crippen molar-refractivity contribution in [3.05, 3.63) is 31.9 Å². The molecule has 0 atom stereocenters. The molecule has 1 amide bonds. The number of hydrogen-bond donors (Lipinski definition) is 1. The van der Waals surface area contributed by atoms with E-state index in [1.165, 1.54) is 4.57 Å². The van der Waals surface area contributed by atoms with Gasteiger partial charge in [-0.1, -0.05) is 36.8 Å². The van der Waals surface area contributed by atoms with Crippen LogP contribution in [0.1, 0.15) is 42.4 Å². The van der Waals surface area contributed by atoms with E-state index < -0.39 is 18.4 Å². The molecular weight excluding hydrogens is 424 g/mol. The zero-order valence-electron chi connectivity index (χ0n) is 16.8. The van der Waals surface area contributed by atoms with E-state index >= 15 is 0 Å². The van der Waals surface area contributed by atoms with Crippen molar-refractivity contribution in [3.8, 4) is 6.07 Å². The third-order valence-corrected chi connectivity index (χ3v) is 6.69. The molecule has 158 valence electrons. The van der Waals surface area contributed by atoms with E-state index in [4.69, 9.17) is 17.3 Å². The van der Waals surface area contributed by atoms with Crippen molar-refractivity contribution in [2.45, 2.75) is 32.6 Å². The van der Waals surface area contributed by atoms with Crippen LogP contribution in [0, 0.1) is 18.3 Å². The van der Waals surface area contributed by atoms with Crippen molar-refractivity contribution in [2.24, 2.45) is 7.05 Å². The van der Waals surface area contributed by atoms with Gasteiger partial charge in [-0.05, 0) is 31.4 Å². The van der Waals surface area contributed by atoms with Crippen molar-refractivity contribution in [2.75, 3.05) is 24.5 Å². The average Bonchev–Trinajstić information content (AvgIpc) is 2.88. The van der Waals surface area contributed by atoms with Gasteiger partial charge >= 0.3 is 5.97 Å². The summed E-state index contributed by atoms with van der Waals surface area (Å²) in [6, 6.07) is 1.98. The van der Waals surface area contributed by atoms with Crippen LogP contribution in [0.15, 0.2) is 9.70 Å². The minimum absolute atomic E-state index is 0.0309. The summed E-state index contributed by atoms with van der Waals surface area (Å²) in [4.78, 5) is 40.0. The summed E-state index contributed by atoms with van der Waals surface area (Å²) in [6.45, 7) is 2.75. The zero-order chi connectivity index (χ0) is 22.0. The van der Waals surface area contributed by atoms with Crippen LogP contribution in [-0.2, 0) is 16.6 Å². The molecule has 3 rings (SSSR count). The van der Waals surface area contributed by atoms with E-state index in [1.807, 2.05) is 6.07 Å². The highest BCUT2D eigenvalue weighted by molar-refractivity contribution is 8.26. The van der Waals surface area contributed by atoms with E-state index in [2.05, 4.69) is 4.90 Å². The summed E-state index contributed by atoms with van der Waals surface area (Å²) in [5.41, 5.74) is 0.780.